The van der Waals surface area contributed by atoms with Gasteiger partial charge in [-0.2, -0.15) is 5.10 Å². The summed E-state index contributed by atoms with van der Waals surface area (Å²) < 4.78 is 5.24. The van der Waals surface area contributed by atoms with Gasteiger partial charge in [0, 0.05) is 17.8 Å². The quantitative estimate of drug-likeness (QED) is 0.364. The van der Waals surface area contributed by atoms with E-state index >= 15 is 0 Å². The van der Waals surface area contributed by atoms with Crippen LogP contribution >= 0.6 is 0 Å². The van der Waals surface area contributed by atoms with Crippen molar-refractivity contribution in [3.8, 4) is 5.75 Å². The SMILES string of the molecule is CC(=NNC(=O)COc1ccc([N+](=O)[O-])cc1)c1ccc(N)cc1. The van der Waals surface area contributed by atoms with E-state index in [0.29, 0.717) is 17.1 Å². The average Bonchev–Trinajstić information content (AvgIpc) is 2.58. The van der Waals surface area contributed by atoms with Crippen molar-refractivity contribution in [1.82, 2.24) is 5.43 Å². The molecule has 8 heteroatoms. The zero-order valence-corrected chi connectivity index (χ0v) is 12.9. The van der Waals surface area contributed by atoms with Crippen molar-refractivity contribution in [2.45, 2.75) is 6.92 Å². The van der Waals surface area contributed by atoms with Crippen LogP contribution in [0.3, 0.4) is 0 Å². The fraction of sp³-hybridized carbons (Fsp3) is 0.125. The van der Waals surface area contributed by atoms with Crippen molar-refractivity contribution >= 4 is 23.0 Å². The Balaban J connectivity index is 1.85. The number of amides is 1. The lowest BCUT2D eigenvalue weighted by atomic mass is 10.1. The third-order valence-electron chi connectivity index (χ3n) is 3.09. The lowest BCUT2D eigenvalue weighted by molar-refractivity contribution is -0.384. The molecule has 24 heavy (non-hydrogen) atoms. The Morgan fingerprint density at radius 2 is 1.83 bits per heavy atom. The van der Waals surface area contributed by atoms with E-state index in [0.717, 1.165) is 5.56 Å². The molecule has 0 saturated heterocycles. The lowest BCUT2D eigenvalue weighted by Crippen LogP contribution is -2.25. The molecule has 0 saturated carbocycles. The number of hydrazone groups is 1. The van der Waals surface area contributed by atoms with E-state index in [-0.39, 0.29) is 12.3 Å². The molecule has 0 heterocycles. The molecular weight excluding hydrogens is 312 g/mol. The first-order chi connectivity index (χ1) is 11.5. The van der Waals surface area contributed by atoms with Crippen LogP contribution in [0.1, 0.15) is 12.5 Å². The van der Waals surface area contributed by atoms with Gasteiger partial charge < -0.3 is 10.5 Å². The highest BCUT2D eigenvalue weighted by Crippen LogP contribution is 2.17. The highest BCUT2D eigenvalue weighted by atomic mass is 16.6. The molecule has 124 valence electrons. The first kappa shape index (κ1) is 16.9. The number of carbonyl (C=O) groups is 1. The van der Waals surface area contributed by atoms with Crippen molar-refractivity contribution < 1.29 is 14.5 Å². The Bertz CT molecular complexity index is 755. The van der Waals surface area contributed by atoms with Gasteiger partial charge in [0.05, 0.1) is 10.6 Å². The molecule has 0 aliphatic heterocycles. The number of non-ortho nitro benzene ring substituents is 1. The molecule has 0 atom stereocenters. The second-order valence-electron chi connectivity index (χ2n) is 4.89. The Labute approximate surface area is 138 Å². The summed E-state index contributed by atoms with van der Waals surface area (Å²) in [7, 11) is 0. The van der Waals surface area contributed by atoms with Crippen LogP contribution in [0.25, 0.3) is 0 Å². The molecule has 2 aromatic carbocycles. The highest BCUT2D eigenvalue weighted by molar-refractivity contribution is 5.99. The summed E-state index contributed by atoms with van der Waals surface area (Å²) in [6, 6.07) is 12.5. The molecule has 0 aliphatic rings. The van der Waals surface area contributed by atoms with E-state index in [1.54, 1.807) is 31.2 Å². The fourth-order valence-electron chi connectivity index (χ4n) is 1.78. The number of benzene rings is 2. The number of nitrogens with one attached hydrogen (secondary N) is 1. The van der Waals surface area contributed by atoms with Crippen LogP contribution in [-0.2, 0) is 4.79 Å². The van der Waals surface area contributed by atoms with Crippen LogP contribution in [0.2, 0.25) is 0 Å². The number of nitro benzene ring substituents is 1. The minimum absolute atomic E-state index is 0.0458. The standard InChI is InChI=1S/C16H16N4O4/c1-11(12-2-4-13(17)5-3-12)18-19-16(21)10-24-15-8-6-14(7-9-15)20(22)23/h2-9H,10,17H2,1H3,(H,19,21). The van der Waals surface area contributed by atoms with Crippen LogP contribution in [-0.4, -0.2) is 23.1 Å². The number of hydrogen-bond donors (Lipinski definition) is 2. The van der Waals surface area contributed by atoms with E-state index in [2.05, 4.69) is 10.5 Å². The van der Waals surface area contributed by atoms with Gasteiger partial charge in [-0.1, -0.05) is 12.1 Å². The van der Waals surface area contributed by atoms with E-state index in [4.69, 9.17) is 10.5 Å². The first-order valence-electron chi connectivity index (χ1n) is 7.02. The van der Waals surface area contributed by atoms with E-state index in [1.165, 1.54) is 24.3 Å². The zero-order valence-electron chi connectivity index (χ0n) is 12.9. The number of nitro groups is 1. The van der Waals surface area contributed by atoms with Gasteiger partial charge in [-0.15, -0.1) is 0 Å². The van der Waals surface area contributed by atoms with Crippen molar-refractivity contribution in [2.24, 2.45) is 5.10 Å². The average molecular weight is 328 g/mol. The predicted molar refractivity (Wildman–Crippen MR) is 89.8 cm³/mol. The molecular formula is C16H16N4O4. The normalized spacial score (nSPS) is 11.0. The smallest absolute Gasteiger partial charge is 0.277 e. The fourth-order valence-corrected chi connectivity index (χ4v) is 1.78. The number of nitrogens with zero attached hydrogens (tertiary/aromatic N) is 2. The van der Waals surface area contributed by atoms with E-state index in [1.807, 2.05) is 0 Å². The summed E-state index contributed by atoms with van der Waals surface area (Å²) in [5, 5.41) is 14.5. The second-order valence-corrected chi connectivity index (χ2v) is 4.89. The van der Waals surface area contributed by atoms with Crippen LogP contribution in [0.15, 0.2) is 53.6 Å². The number of anilines is 1. The van der Waals surface area contributed by atoms with E-state index < -0.39 is 10.8 Å². The molecule has 2 aromatic rings. The summed E-state index contributed by atoms with van der Waals surface area (Å²) in [6.45, 7) is 1.50. The van der Waals surface area contributed by atoms with Gasteiger partial charge in [0.15, 0.2) is 6.61 Å². The van der Waals surface area contributed by atoms with Crippen molar-refractivity contribution in [3.05, 3.63) is 64.2 Å². The Kier molecular flexibility index (Phi) is 5.45. The maximum Gasteiger partial charge on any atom is 0.277 e. The summed E-state index contributed by atoms with van der Waals surface area (Å²) in [5.41, 5.74) is 10.0. The van der Waals surface area contributed by atoms with Crippen LogP contribution in [0.4, 0.5) is 11.4 Å². The topological polar surface area (TPSA) is 120 Å². The molecule has 0 bridgehead atoms. The molecule has 0 aliphatic carbocycles. The largest absolute Gasteiger partial charge is 0.484 e. The number of carbonyl (C=O) groups excluding carboxylic acids is 1. The second kappa shape index (κ2) is 7.73. The van der Waals surface area contributed by atoms with Crippen molar-refractivity contribution in [1.29, 1.82) is 0 Å². The lowest BCUT2D eigenvalue weighted by Gasteiger charge is -2.06. The number of rotatable bonds is 6. The van der Waals surface area contributed by atoms with Crippen molar-refractivity contribution in [3.63, 3.8) is 0 Å². The third-order valence-corrected chi connectivity index (χ3v) is 3.09. The van der Waals surface area contributed by atoms with Crippen molar-refractivity contribution in [2.75, 3.05) is 12.3 Å². The molecule has 1 amide bonds. The third kappa shape index (κ3) is 4.80. The van der Waals surface area contributed by atoms with Gasteiger partial charge in [-0.25, -0.2) is 5.43 Å². The molecule has 0 aromatic heterocycles. The van der Waals surface area contributed by atoms with Crippen LogP contribution in [0, 0.1) is 10.1 Å². The monoisotopic (exact) mass is 328 g/mol. The molecule has 0 radical (unpaired) electrons. The highest BCUT2D eigenvalue weighted by Gasteiger charge is 2.06. The van der Waals surface area contributed by atoms with Gasteiger partial charge in [-0.05, 0) is 36.8 Å². The van der Waals surface area contributed by atoms with Gasteiger partial charge in [0.2, 0.25) is 0 Å². The van der Waals surface area contributed by atoms with Crippen LogP contribution < -0.4 is 15.9 Å². The van der Waals surface area contributed by atoms with Gasteiger partial charge in [0.1, 0.15) is 5.75 Å². The molecule has 0 unspecified atom stereocenters. The molecule has 0 spiro atoms. The minimum atomic E-state index is -0.509. The molecule has 3 N–H and O–H groups in total. The predicted octanol–water partition coefficient (Wildman–Crippen LogP) is 2.10. The van der Waals surface area contributed by atoms with E-state index in [9.17, 15) is 14.9 Å². The number of hydrogen-bond acceptors (Lipinski definition) is 6. The summed E-state index contributed by atoms with van der Waals surface area (Å²) in [4.78, 5) is 21.7. The minimum Gasteiger partial charge on any atom is -0.484 e. The van der Waals surface area contributed by atoms with Gasteiger partial charge in [-0.3, -0.25) is 14.9 Å². The molecule has 8 nitrogen and oxygen atoms in total. The Morgan fingerprint density at radius 3 is 2.42 bits per heavy atom. The summed E-state index contributed by atoms with van der Waals surface area (Å²) >= 11 is 0. The maximum absolute atomic E-state index is 11.7. The number of nitrogen functional groups attached to an aromatic ring is 1. The summed E-state index contributed by atoms with van der Waals surface area (Å²) in [5.74, 6) is -0.0851. The Morgan fingerprint density at radius 1 is 1.21 bits per heavy atom. The molecule has 2 rings (SSSR count). The summed E-state index contributed by atoms with van der Waals surface area (Å²) in [6.07, 6.45) is 0. The Hall–Kier alpha value is -3.42. The van der Waals surface area contributed by atoms with Gasteiger partial charge >= 0.3 is 0 Å². The first-order valence-corrected chi connectivity index (χ1v) is 7.02. The van der Waals surface area contributed by atoms with Gasteiger partial charge in [0.25, 0.3) is 11.6 Å². The number of ether oxygens (including phenoxy) is 1. The molecule has 0 fully saturated rings. The number of nitrogens with two attached hydrogens (primary N) is 1. The maximum atomic E-state index is 11.7. The zero-order chi connectivity index (χ0) is 17.5. The van der Waals surface area contributed by atoms with Crippen LogP contribution in [0.5, 0.6) is 5.75 Å².